The molecule has 3 aromatic rings. The molecule has 0 unspecified atom stereocenters. The lowest BCUT2D eigenvalue weighted by Gasteiger charge is -2.15. The minimum Gasteiger partial charge on any atom is -0.494 e. The molecule has 1 heterocycles. The van der Waals surface area contributed by atoms with E-state index in [4.69, 9.17) is 37.4 Å². The van der Waals surface area contributed by atoms with Crippen LogP contribution >= 0.6 is 50.9 Å². The highest BCUT2D eigenvalue weighted by Crippen LogP contribution is 2.40. The number of benzene rings is 3. The summed E-state index contributed by atoms with van der Waals surface area (Å²) in [6.45, 7) is 4.42. The summed E-state index contributed by atoms with van der Waals surface area (Å²) in [4.78, 5) is 39.3. The Hall–Kier alpha value is -3.18. The summed E-state index contributed by atoms with van der Waals surface area (Å²) >= 11 is 16.4. The number of carbonyl (C=O) groups excluding carboxylic acids is 3. The molecule has 0 spiro atoms. The van der Waals surface area contributed by atoms with Gasteiger partial charge in [-0.05, 0) is 107 Å². The van der Waals surface area contributed by atoms with E-state index in [9.17, 15) is 14.4 Å². The van der Waals surface area contributed by atoms with Gasteiger partial charge in [-0.3, -0.25) is 19.3 Å². The third-order valence-electron chi connectivity index (χ3n) is 5.62. The molecule has 0 saturated carbocycles. The highest BCUT2D eigenvalue weighted by Gasteiger charge is 2.36. The van der Waals surface area contributed by atoms with E-state index in [1.807, 2.05) is 19.9 Å². The number of rotatable bonds is 11. The predicted molar refractivity (Wildman–Crippen MR) is 165 cm³/mol. The molecule has 41 heavy (non-hydrogen) atoms. The van der Waals surface area contributed by atoms with Gasteiger partial charge in [0.05, 0.1) is 32.6 Å². The Morgan fingerprint density at radius 2 is 1.71 bits per heavy atom. The number of nitrogens with one attached hydrogen (secondary N) is 1. The van der Waals surface area contributed by atoms with Crippen LogP contribution in [0, 0.1) is 0 Å². The van der Waals surface area contributed by atoms with Gasteiger partial charge in [0.25, 0.3) is 11.1 Å². The van der Waals surface area contributed by atoms with Crippen LogP contribution in [0.2, 0.25) is 10.0 Å². The Labute approximate surface area is 260 Å². The van der Waals surface area contributed by atoms with Crippen LogP contribution < -0.4 is 19.5 Å². The lowest BCUT2D eigenvalue weighted by Crippen LogP contribution is -2.36. The van der Waals surface area contributed by atoms with Gasteiger partial charge in [0, 0.05) is 5.69 Å². The van der Waals surface area contributed by atoms with Gasteiger partial charge in [-0.1, -0.05) is 29.3 Å². The van der Waals surface area contributed by atoms with Crippen molar-refractivity contribution in [3.05, 3.63) is 85.1 Å². The van der Waals surface area contributed by atoms with Gasteiger partial charge in [0.2, 0.25) is 5.91 Å². The molecule has 1 aliphatic rings. The first-order valence-electron chi connectivity index (χ1n) is 12.5. The fourth-order valence-electron chi connectivity index (χ4n) is 3.79. The summed E-state index contributed by atoms with van der Waals surface area (Å²) in [6.07, 6.45) is 1.57. The topological polar surface area (TPSA) is 94.2 Å². The standard InChI is InChI=1S/C29H25BrCl2N2O6S/c1-3-38-20-8-6-19(7-9-20)33-26(35)15-34-28(36)25(41-29(34)37)14-18-11-21(30)27(24(13-18)39-4-2)40-16-17-5-10-22(31)23(32)12-17/h5-14H,3-4,15-16H2,1-2H3,(H,33,35)/b25-14+. The number of anilines is 1. The van der Waals surface area contributed by atoms with Crippen molar-refractivity contribution in [3.63, 3.8) is 0 Å². The van der Waals surface area contributed by atoms with Crippen molar-refractivity contribution < 1.29 is 28.6 Å². The van der Waals surface area contributed by atoms with Gasteiger partial charge in [-0.15, -0.1) is 0 Å². The highest BCUT2D eigenvalue weighted by molar-refractivity contribution is 9.10. The Balaban J connectivity index is 1.46. The van der Waals surface area contributed by atoms with Crippen LogP contribution in [0.3, 0.4) is 0 Å². The smallest absolute Gasteiger partial charge is 0.294 e. The summed E-state index contributed by atoms with van der Waals surface area (Å²) in [5, 5.41) is 3.03. The SMILES string of the molecule is CCOc1ccc(NC(=O)CN2C(=O)S/C(=C/c3cc(Br)c(OCc4ccc(Cl)c(Cl)c4)c(OCC)c3)C2=O)cc1. The first-order chi connectivity index (χ1) is 19.7. The molecular formula is C29H25BrCl2N2O6S. The van der Waals surface area contributed by atoms with Gasteiger partial charge in [-0.2, -0.15) is 0 Å². The van der Waals surface area contributed by atoms with Crippen molar-refractivity contribution in [3.8, 4) is 17.2 Å². The van der Waals surface area contributed by atoms with E-state index in [2.05, 4.69) is 21.2 Å². The van der Waals surface area contributed by atoms with Crippen molar-refractivity contribution in [2.24, 2.45) is 0 Å². The summed E-state index contributed by atoms with van der Waals surface area (Å²) in [6, 6.07) is 15.5. The first-order valence-corrected chi connectivity index (χ1v) is 14.9. The zero-order valence-corrected chi connectivity index (χ0v) is 26.0. The van der Waals surface area contributed by atoms with Crippen molar-refractivity contribution in [1.29, 1.82) is 0 Å². The van der Waals surface area contributed by atoms with Gasteiger partial charge in [-0.25, -0.2) is 0 Å². The second-order valence-corrected chi connectivity index (χ2v) is 11.2. The van der Waals surface area contributed by atoms with E-state index in [-0.39, 0.29) is 11.5 Å². The zero-order chi connectivity index (χ0) is 29.5. The zero-order valence-electron chi connectivity index (χ0n) is 22.0. The fraction of sp³-hybridized carbons (Fsp3) is 0.207. The Morgan fingerprint density at radius 1 is 0.976 bits per heavy atom. The maximum absolute atomic E-state index is 13.0. The lowest BCUT2D eigenvalue weighted by molar-refractivity contribution is -0.127. The average Bonchev–Trinajstić information content (AvgIpc) is 3.18. The molecule has 0 atom stereocenters. The van der Waals surface area contributed by atoms with E-state index < -0.39 is 23.6 Å². The molecule has 12 heteroatoms. The minimum atomic E-state index is -0.559. The minimum absolute atomic E-state index is 0.183. The Morgan fingerprint density at radius 3 is 2.39 bits per heavy atom. The van der Waals surface area contributed by atoms with E-state index in [1.165, 1.54) is 0 Å². The number of imide groups is 1. The molecule has 1 saturated heterocycles. The molecule has 4 rings (SSSR count). The maximum atomic E-state index is 13.0. The maximum Gasteiger partial charge on any atom is 0.294 e. The molecule has 214 valence electrons. The van der Waals surface area contributed by atoms with Crippen molar-refractivity contribution in [2.75, 3.05) is 25.1 Å². The molecule has 0 aromatic heterocycles. The Kier molecular flexibility index (Phi) is 10.6. The molecule has 0 bridgehead atoms. The molecule has 0 aliphatic carbocycles. The van der Waals surface area contributed by atoms with Gasteiger partial charge in [0.1, 0.15) is 18.9 Å². The number of thioether (sulfide) groups is 1. The van der Waals surface area contributed by atoms with Gasteiger partial charge >= 0.3 is 0 Å². The number of hydrogen-bond acceptors (Lipinski definition) is 7. The normalized spacial score (nSPS) is 14.0. The number of nitrogens with zero attached hydrogens (tertiary/aromatic N) is 1. The van der Waals surface area contributed by atoms with Crippen LogP contribution in [0.15, 0.2) is 64.0 Å². The second-order valence-electron chi connectivity index (χ2n) is 8.57. The largest absolute Gasteiger partial charge is 0.494 e. The monoisotopic (exact) mass is 678 g/mol. The van der Waals surface area contributed by atoms with Crippen LogP contribution in [-0.4, -0.2) is 41.7 Å². The quantitative estimate of drug-likeness (QED) is 0.207. The van der Waals surface area contributed by atoms with Crippen molar-refractivity contribution in [1.82, 2.24) is 4.90 Å². The third kappa shape index (κ3) is 7.97. The summed E-state index contributed by atoms with van der Waals surface area (Å²) in [5.41, 5.74) is 1.94. The molecule has 3 amide bonds. The molecule has 8 nitrogen and oxygen atoms in total. The van der Waals surface area contributed by atoms with Crippen LogP contribution in [0.1, 0.15) is 25.0 Å². The molecule has 1 N–H and O–H groups in total. The fourth-order valence-corrected chi connectivity index (χ4v) is 5.53. The third-order valence-corrected chi connectivity index (χ3v) is 7.86. The number of ether oxygens (including phenoxy) is 3. The highest BCUT2D eigenvalue weighted by atomic mass is 79.9. The first kappa shape index (κ1) is 30.8. The molecule has 1 aliphatic heterocycles. The summed E-state index contributed by atoms with van der Waals surface area (Å²) in [5.74, 6) is 0.529. The van der Waals surface area contributed by atoms with Crippen molar-refractivity contribution in [2.45, 2.75) is 20.5 Å². The average molecular weight is 680 g/mol. The predicted octanol–water partition coefficient (Wildman–Crippen LogP) is 7.81. The van der Waals surface area contributed by atoms with E-state index in [0.717, 1.165) is 22.2 Å². The second kappa shape index (κ2) is 14.1. The summed E-state index contributed by atoms with van der Waals surface area (Å²) < 4.78 is 17.8. The van der Waals surface area contributed by atoms with Gasteiger partial charge in [0.15, 0.2) is 11.5 Å². The molecule has 1 fully saturated rings. The van der Waals surface area contributed by atoms with Crippen molar-refractivity contribution >= 4 is 79.7 Å². The van der Waals surface area contributed by atoms with E-state index in [1.54, 1.807) is 54.6 Å². The number of carbonyl (C=O) groups is 3. The Bertz CT molecular complexity index is 1500. The number of amides is 3. The summed E-state index contributed by atoms with van der Waals surface area (Å²) in [7, 11) is 0. The molecule has 3 aromatic carbocycles. The van der Waals surface area contributed by atoms with Crippen LogP contribution in [0.5, 0.6) is 17.2 Å². The van der Waals surface area contributed by atoms with Crippen LogP contribution in [0.25, 0.3) is 6.08 Å². The lowest BCUT2D eigenvalue weighted by atomic mass is 10.1. The molecule has 0 radical (unpaired) electrons. The number of halogens is 3. The van der Waals surface area contributed by atoms with E-state index in [0.29, 0.717) is 56.2 Å². The number of hydrogen-bond donors (Lipinski definition) is 1. The van der Waals surface area contributed by atoms with Crippen LogP contribution in [0.4, 0.5) is 10.5 Å². The van der Waals surface area contributed by atoms with Crippen LogP contribution in [-0.2, 0) is 16.2 Å². The van der Waals surface area contributed by atoms with Gasteiger partial charge < -0.3 is 19.5 Å². The van der Waals surface area contributed by atoms with E-state index >= 15 is 0 Å². The molecular weight excluding hydrogens is 655 g/mol.